The number of esters is 1. The second-order valence-corrected chi connectivity index (χ2v) is 10.9. The Hall–Kier alpha value is -3.72. The number of hydrogen-bond acceptors (Lipinski definition) is 6. The Balaban J connectivity index is 1.81. The van der Waals surface area contributed by atoms with Gasteiger partial charge >= 0.3 is 5.97 Å². The molecule has 0 bridgehead atoms. The quantitative estimate of drug-likeness (QED) is 0.300. The van der Waals surface area contributed by atoms with Crippen molar-refractivity contribution in [3.63, 3.8) is 0 Å². The van der Waals surface area contributed by atoms with E-state index in [1.165, 1.54) is 7.11 Å². The number of rotatable bonds is 12. The number of carbonyl (C=O) groups excluding carboxylic acids is 4. The second-order valence-electron chi connectivity index (χ2n) is 10.9. The third kappa shape index (κ3) is 8.64. The summed E-state index contributed by atoms with van der Waals surface area (Å²) in [6.07, 6.45) is 3.57. The van der Waals surface area contributed by atoms with Gasteiger partial charge in [0.15, 0.2) is 0 Å². The molecule has 3 amide bonds. The second kappa shape index (κ2) is 14.6. The SMILES string of the molecule is COC(=O)[C@H](Cc1ccccc1)NC(=O)[C@H](CC(C)C)NC(=O)[C@@H](NC(=O)c1ccccc1)C1(O)CCCCC1. The molecule has 0 aliphatic heterocycles. The van der Waals surface area contributed by atoms with E-state index in [1.807, 2.05) is 44.2 Å². The molecule has 3 atom stereocenters. The highest BCUT2D eigenvalue weighted by Crippen LogP contribution is 2.31. The number of carbonyl (C=O) groups is 4. The molecule has 1 aliphatic rings. The Labute approximate surface area is 236 Å². The summed E-state index contributed by atoms with van der Waals surface area (Å²) in [5, 5.41) is 19.8. The van der Waals surface area contributed by atoms with Crippen LogP contribution in [0.2, 0.25) is 0 Å². The zero-order valence-electron chi connectivity index (χ0n) is 23.5. The van der Waals surface area contributed by atoms with Crippen LogP contribution < -0.4 is 16.0 Å². The van der Waals surface area contributed by atoms with Gasteiger partial charge in [0, 0.05) is 12.0 Å². The molecule has 2 aromatic carbocycles. The summed E-state index contributed by atoms with van der Waals surface area (Å²) in [6.45, 7) is 3.83. The third-order valence-electron chi connectivity index (χ3n) is 7.26. The summed E-state index contributed by atoms with van der Waals surface area (Å²) in [7, 11) is 1.25. The summed E-state index contributed by atoms with van der Waals surface area (Å²) >= 11 is 0. The standard InChI is InChI=1S/C31H41N3O6/c1-21(2)19-24(28(36)33-25(30(38)40-3)20-22-13-7-4-8-14-22)32-29(37)26(31(39)17-11-6-12-18-31)34-27(35)23-15-9-5-10-16-23/h4-5,7-10,13-16,21,24-26,39H,6,11-12,17-20H2,1-3H3,(H,32,37)(H,33,36)(H,34,35)/t24-,25-,26+/m0/s1. The molecular formula is C31H41N3O6. The summed E-state index contributed by atoms with van der Waals surface area (Å²) in [5.41, 5.74) is -0.253. The molecule has 0 spiro atoms. The molecule has 0 saturated heterocycles. The fraction of sp³-hybridized carbons (Fsp3) is 0.484. The van der Waals surface area contributed by atoms with Crippen LogP contribution in [0.15, 0.2) is 60.7 Å². The Kier molecular flexibility index (Phi) is 11.3. The summed E-state index contributed by atoms with van der Waals surface area (Å²) in [5.74, 6) is -2.25. The minimum Gasteiger partial charge on any atom is -0.467 e. The predicted octanol–water partition coefficient (Wildman–Crippen LogP) is 2.91. The first-order valence-corrected chi connectivity index (χ1v) is 13.9. The molecule has 40 heavy (non-hydrogen) atoms. The third-order valence-corrected chi connectivity index (χ3v) is 7.26. The maximum Gasteiger partial charge on any atom is 0.328 e. The van der Waals surface area contributed by atoms with E-state index in [0.717, 1.165) is 24.8 Å². The van der Waals surface area contributed by atoms with Crippen LogP contribution in [0.4, 0.5) is 0 Å². The van der Waals surface area contributed by atoms with Crippen molar-refractivity contribution in [2.75, 3.05) is 7.11 Å². The number of nitrogens with one attached hydrogen (secondary N) is 3. The molecule has 1 fully saturated rings. The number of methoxy groups -OCH3 is 1. The van der Waals surface area contributed by atoms with Crippen LogP contribution in [0.3, 0.4) is 0 Å². The monoisotopic (exact) mass is 551 g/mol. The van der Waals surface area contributed by atoms with E-state index in [0.29, 0.717) is 18.4 Å². The summed E-state index contributed by atoms with van der Waals surface area (Å²) in [4.78, 5) is 52.8. The zero-order valence-corrected chi connectivity index (χ0v) is 23.5. The molecule has 1 aliphatic carbocycles. The Morgan fingerprint density at radius 3 is 1.98 bits per heavy atom. The highest BCUT2D eigenvalue weighted by atomic mass is 16.5. The van der Waals surface area contributed by atoms with E-state index in [1.54, 1.807) is 30.3 Å². The Morgan fingerprint density at radius 2 is 1.40 bits per heavy atom. The minimum absolute atomic E-state index is 0.0249. The number of benzene rings is 2. The Bertz CT molecular complexity index is 1130. The first-order chi connectivity index (χ1) is 19.1. The fourth-order valence-electron chi connectivity index (χ4n) is 5.12. The van der Waals surface area contributed by atoms with Crippen LogP contribution in [-0.2, 0) is 25.5 Å². The van der Waals surface area contributed by atoms with Gasteiger partial charge in [-0.25, -0.2) is 4.79 Å². The maximum absolute atomic E-state index is 13.7. The molecule has 0 unspecified atom stereocenters. The van der Waals surface area contributed by atoms with Gasteiger partial charge < -0.3 is 25.8 Å². The average molecular weight is 552 g/mol. The van der Waals surface area contributed by atoms with Crippen LogP contribution in [0.1, 0.15) is 68.3 Å². The van der Waals surface area contributed by atoms with Gasteiger partial charge in [-0.2, -0.15) is 0 Å². The molecular weight excluding hydrogens is 510 g/mol. The van der Waals surface area contributed by atoms with E-state index >= 15 is 0 Å². The molecule has 2 aromatic rings. The minimum atomic E-state index is -1.45. The van der Waals surface area contributed by atoms with Gasteiger partial charge in [0.2, 0.25) is 11.8 Å². The van der Waals surface area contributed by atoms with E-state index in [4.69, 9.17) is 4.74 Å². The zero-order chi connectivity index (χ0) is 29.1. The van der Waals surface area contributed by atoms with Crippen molar-refractivity contribution in [2.45, 2.75) is 82.5 Å². The van der Waals surface area contributed by atoms with Gasteiger partial charge in [0.25, 0.3) is 5.91 Å². The number of ether oxygens (including phenoxy) is 1. The number of hydrogen-bond donors (Lipinski definition) is 4. The van der Waals surface area contributed by atoms with Crippen molar-refractivity contribution in [2.24, 2.45) is 5.92 Å². The van der Waals surface area contributed by atoms with Crippen LogP contribution in [0, 0.1) is 5.92 Å². The van der Waals surface area contributed by atoms with Crippen molar-refractivity contribution in [1.82, 2.24) is 16.0 Å². The van der Waals surface area contributed by atoms with Gasteiger partial charge in [0.1, 0.15) is 18.1 Å². The van der Waals surface area contributed by atoms with Crippen molar-refractivity contribution in [3.8, 4) is 0 Å². The highest BCUT2D eigenvalue weighted by Gasteiger charge is 2.44. The first-order valence-electron chi connectivity index (χ1n) is 13.9. The van der Waals surface area contributed by atoms with E-state index in [9.17, 15) is 24.3 Å². The fourth-order valence-corrected chi connectivity index (χ4v) is 5.12. The predicted molar refractivity (Wildman–Crippen MR) is 151 cm³/mol. The Morgan fingerprint density at radius 1 is 0.825 bits per heavy atom. The molecule has 0 heterocycles. The summed E-state index contributed by atoms with van der Waals surface area (Å²) < 4.78 is 4.92. The van der Waals surface area contributed by atoms with Crippen LogP contribution >= 0.6 is 0 Å². The lowest BCUT2D eigenvalue weighted by Gasteiger charge is -2.39. The van der Waals surface area contributed by atoms with Gasteiger partial charge in [-0.3, -0.25) is 14.4 Å². The van der Waals surface area contributed by atoms with E-state index in [-0.39, 0.29) is 18.8 Å². The average Bonchev–Trinajstić information content (AvgIpc) is 2.95. The van der Waals surface area contributed by atoms with Gasteiger partial charge in [-0.05, 0) is 42.9 Å². The van der Waals surface area contributed by atoms with Gasteiger partial charge in [-0.1, -0.05) is 81.6 Å². The molecule has 9 nitrogen and oxygen atoms in total. The maximum atomic E-state index is 13.7. The lowest BCUT2D eigenvalue weighted by Crippen LogP contribution is -2.63. The molecule has 3 rings (SSSR count). The molecule has 0 aromatic heterocycles. The summed E-state index contributed by atoms with van der Waals surface area (Å²) in [6, 6.07) is 14.5. The van der Waals surface area contributed by atoms with Crippen LogP contribution in [-0.4, -0.2) is 59.6 Å². The molecule has 9 heteroatoms. The molecule has 0 radical (unpaired) electrons. The largest absolute Gasteiger partial charge is 0.467 e. The smallest absolute Gasteiger partial charge is 0.328 e. The highest BCUT2D eigenvalue weighted by molar-refractivity contribution is 5.99. The first kappa shape index (κ1) is 30.8. The van der Waals surface area contributed by atoms with Crippen LogP contribution in [0.5, 0.6) is 0 Å². The number of amides is 3. The lowest BCUT2D eigenvalue weighted by atomic mass is 9.78. The van der Waals surface area contributed by atoms with Crippen LogP contribution in [0.25, 0.3) is 0 Å². The molecule has 4 N–H and O–H groups in total. The van der Waals surface area contributed by atoms with Crippen molar-refractivity contribution in [1.29, 1.82) is 0 Å². The molecule has 1 saturated carbocycles. The van der Waals surface area contributed by atoms with E-state index in [2.05, 4.69) is 16.0 Å². The van der Waals surface area contributed by atoms with E-state index < -0.39 is 47.4 Å². The number of aliphatic hydroxyl groups is 1. The van der Waals surface area contributed by atoms with Gasteiger partial charge in [-0.15, -0.1) is 0 Å². The van der Waals surface area contributed by atoms with Crippen molar-refractivity contribution >= 4 is 23.7 Å². The van der Waals surface area contributed by atoms with Crippen molar-refractivity contribution < 1.29 is 29.0 Å². The van der Waals surface area contributed by atoms with Gasteiger partial charge in [0.05, 0.1) is 12.7 Å². The molecule has 216 valence electrons. The van der Waals surface area contributed by atoms with Crippen molar-refractivity contribution in [3.05, 3.63) is 71.8 Å². The normalized spacial score (nSPS) is 16.7. The topological polar surface area (TPSA) is 134 Å². The lowest BCUT2D eigenvalue weighted by molar-refractivity contribution is -0.145.